The van der Waals surface area contributed by atoms with E-state index >= 15 is 0 Å². The number of carbonyl (C=O) groups is 2. The molecule has 1 amide bonds. The van der Waals surface area contributed by atoms with Crippen molar-refractivity contribution >= 4 is 17.6 Å². The average molecular weight is 390 g/mol. The van der Waals surface area contributed by atoms with E-state index in [-0.39, 0.29) is 18.4 Å². The first-order valence-corrected chi connectivity index (χ1v) is 9.70. The molecule has 3 rings (SSSR count). The predicted molar refractivity (Wildman–Crippen MR) is 115 cm³/mol. The predicted octanol–water partition coefficient (Wildman–Crippen LogP) is 4.90. The normalized spacial score (nSPS) is 10.6. The Labute approximate surface area is 171 Å². The number of aromatic nitrogens is 1. The number of ether oxygens (including phenoxy) is 1. The lowest BCUT2D eigenvalue weighted by Crippen LogP contribution is -2.21. The summed E-state index contributed by atoms with van der Waals surface area (Å²) in [6.45, 7) is 8.01. The second kappa shape index (κ2) is 8.78. The van der Waals surface area contributed by atoms with E-state index in [0.29, 0.717) is 17.9 Å². The minimum Gasteiger partial charge on any atom is -0.462 e. The molecule has 0 fully saturated rings. The SMILES string of the molecule is CCOC(=O)c1cc(-c2ccccc2)n(CC(=O)Nc2ccc(C)cc2C)c1C. The summed E-state index contributed by atoms with van der Waals surface area (Å²) in [4.78, 5) is 25.2. The molecule has 0 unspecified atom stereocenters. The lowest BCUT2D eigenvalue weighted by Gasteiger charge is -2.14. The zero-order chi connectivity index (χ0) is 21.0. The Bertz CT molecular complexity index is 1040. The number of nitrogens with zero attached hydrogens (tertiary/aromatic N) is 1. The molecule has 1 heterocycles. The van der Waals surface area contributed by atoms with Gasteiger partial charge in [-0.05, 0) is 51.0 Å². The number of hydrogen-bond donors (Lipinski definition) is 1. The third-order valence-electron chi connectivity index (χ3n) is 4.89. The first kappa shape index (κ1) is 20.4. The molecular weight excluding hydrogens is 364 g/mol. The number of carbonyl (C=O) groups excluding carboxylic acids is 2. The molecule has 0 atom stereocenters. The Morgan fingerprint density at radius 2 is 1.72 bits per heavy atom. The molecule has 150 valence electrons. The monoisotopic (exact) mass is 390 g/mol. The highest BCUT2D eigenvalue weighted by Crippen LogP contribution is 2.27. The van der Waals surface area contributed by atoms with Gasteiger partial charge in [0, 0.05) is 17.1 Å². The van der Waals surface area contributed by atoms with E-state index < -0.39 is 0 Å². The second-order valence-corrected chi connectivity index (χ2v) is 7.07. The topological polar surface area (TPSA) is 60.3 Å². The van der Waals surface area contributed by atoms with E-state index in [1.165, 1.54) is 0 Å². The van der Waals surface area contributed by atoms with Gasteiger partial charge >= 0.3 is 5.97 Å². The van der Waals surface area contributed by atoms with Crippen LogP contribution >= 0.6 is 0 Å². The van der Waals surface area contributed by atoms with Crippen molar-refractivity contribution in [3.8, 4) is 11.3 Å². The molecule has 0 aliphatic heterocycles. The summed E-state index contributed by atoms with van der Waals surface area (Å²) in [6, 6.07) is 17.4. The standard InChI is InChI=1S/C24H26N2O3/c1-5-29-24(28)20-14-22(19-9-7-6-8-10-19)26(18(20)4)15-23(27)25-21-12-11-16(2)13-17(21)3/h6-14H,5,15H2,1-4H3,(H,25,27). The highest BCUT2D eigenvalue weighted by atomic mass is 16.5. The summed E-state index contributed by atoms with van der Waals surface area (Å²) < 4.78 is 7.05. The van der Waals surface area contributed by atoms with Gasteiger partial charge in [-0.1, -0.05) is 48.0 Å². The lowest BCUT2D eigenvalue weighted by molar-refractivity contribution is -0.116. The fourth-order valence-electron chi connectivity index (χ4n) is 3.40. The second-order valence-electron chi connectivity index (χ2n) is 7.07. The molecule has 0 spiro atoms. The van der Waals surface area contributed by atoms with E-state index in [1.807, 2.05) is 73.9 Å². The van der Waals surface area contributed by atoms with Gasteiger partial charge in [0.05, 0.1) is 12.2 Å². The minimum atomic E-state index is -0.379. The molecule has 3 aromatic rings. The average Bonchev–Trinajstić information content (AvgIpc) is 3.01. The van der Waals surface area contributed by atoms with Crippen LogP contribution in [0.5, 0.6) is 0 Å². The molecule has 5 nitrogen and oxygen atoms in total. The Balaban J connectivity index is 1.94. The van der Waals surface area contributed by atoms with E-state index in [4.69, 9.17) is 4.74 Å². The van der Waals surface area contributed by atoms with Gasteiger partial charge < -0.3 is 14.6 Å². The summed E-state index contributed by atoms with van der Waals surface area (Å²) in [5, 5.41) is 2.98. The van der Waals surface area contributed by atoms with Gasteiger partial charge in [0.15, 0.2) is 0 Å². The molecule has 2 aromatic carbocycles. The maximum absolute atomic E-state index is 12.8. The fourth-order valence-corrected chi connectivity index (χ4v) is 3.40. The number of esters is 1. The van der Waals surface area contributed by atoms with Crippen molar-refractivity contribution in [3.63, 3.8) is 0 Å². The molecule has 0 bridgehead atoms. The van der Waals surface area contributed by atoms with Crippen LogP contribution in [-0.2, 0) is 16.1 Å². The van der Waals surface area contributed by atoms with Crippen LogP contribution in [0.25, 0.3) is 11.3 Å². The first-order chi connectivity index (χ1) is 13.9. The van der Waals surface area contributed by atoms with Crippen molar-refractivity contribution in [1.82, 2.24) is 4.57 Å². The fraction of sp³-hybridized carbons (Fsp3) is 0.250. The van der Waals surface area contributed by atoms with E-state index in [1.54, 1.807) is 13.0 Å². The maximum atomic E-state index is 12.8. The Hall–Kier alpha value is -3.34. The molecule has 0 saturated carbocycles. The van der Waals surface area contributed by atoms with E-state index in [0.717, 1.165) is 28.1 Å². The van der Waals surface area contributed by atoms with E-state index in [2.05, 4.69) is 5.32 Å². The number of amides is 1. The van der Waals surface area contributed by atoms with Crippen LogP contribution in [0, 0.1) is 20.8 Å². The third-order valence-corrected chi connectivity index (χ3v) is 4.89. The molecular formula is C24H26N2O3. The zero-order valence-corrected chi connectivity index (χ0v) is 17.3. The van der Waals surface area contributed by atoms with Gasteiger partial charge in [-0.25, -0.2) is 4.79 Å². The number of benzene rings is 2. The molecule has 29 heavy (non-hydrogen) atoms. The third kappa shape index (κ3) is 4.57. The van der Waals surface area contributed by atoms with Gasteiger partial charge in [0.2, 0.25) is 5.91 Å². The van der Waals surface area contributed by atoms with Crippen LogP contribution in [0.2, 0.25) is 0 Å². The highest BCUT2D eigenvalue weighted by molar-refractivity contribution is 5.95. The van der Waals surface area contributed by atoms with Gasteiger partial charge in [-0.3, -0.25) is 4.79 Å². The Kier molecular flexibility index (Phi) is 6.17. The quantitative estimate of drug-likeness (QED) is 0.609. The van der Waals surface area contributed by atoms with Crippen molar-refractivity contribution in [3.05, 3.63) is 77.0 Å². The van der Waals surface area contributed by atoms with Gasteiger partial charge in [-0.2, -0.15) is 0 Å². The smallest absolute Gasteiger partial charge is 0.339 e. The largest absolute Gasteiger partial charge is 0.462 e. The number of hydrogen-bond acceptors (Lipinski definition) is 3. The van der Waals surface area contributed by atoms with Gasteiger partial charge in [0.25, 0.3) is 0 Å². The zero-order valence-electron chi connectivity index (χ0n) is 17.3. The maximum Gasteiger partial charge on any atom is 0.339 e. The summed E-state index contributed by atoms with van der Waals surface area (Å²) in [6.07, 6.45) is 0. The van der Waals surface area contributed by atoms with Crippen molar-refractivity contribution < 1.29 is 14.3 Å². The van der Waals surface area contributed by atoms with E-state index in [9.17, 15) is 9.59 Å². The molecule has 0 aliphatic rings. The summed E-state index contributed by atoms with van der Waals surface area (Å²) in [7, 11) is 0. The molecule has 5 heteroatoms. The number of anilines is 1. The molecule has 1 aromatic heterocycles. The van der Waals surface area contributed by atoms with Crippen LogP contribution in [0.1, 0.15) is 34.1 Å². The van der Waals surface area contributed by atoms with Crippen LogP contribution in [-0.4, -0.2) is 23.1 Å². The summed E-state index contributed by atoms with van der Waals surface area (Å²) in [5.41, 5.74) is 5.87. The van der Waals surface area contributed by atoms with Crippen molar-refractivity contribution in [2.45, 2.75) is 34.2 Å². The van der Waals surface area contributed by atoms with Gasteiger partial charge in [-0.15, -0.1) is 0 Å². The summed E-state index contributed by atoms with van der Waals surface area (Å²) in [5.74, 6) is -0.529. The minimum absolute atomic E-state index is 0.1000. The molecule has 0 radical (unpaired) electrons. The Morgan fingerprint density at radius 3 is 2.38 bits per heavy atom. The van der Waals surface area contributed by atoms with Crippen LogP contribution in [0.15, 0.2) is 54.6 Å². The first-order valence-electron chi connectivity index (χ1n) is 9.70. The van der Waals surface area contributed by atoms with Crippen LogP contribution < -0.4 is 5.32 Å². The van der Waals surface area contributed by atoms with Crippen LogP contribution in [0.4, 0.5) is 5.69 Å². The van der Waals surface area contributed by atoms with Crippen molar-refractivity contribution in [2.24, 2.45) is 0 Å². The number of nitrogens with one attached hydrogen (secondary N) is 1. The van der Waals surface area contributed by atoms with Crippen molar-refractivity contribution in [2.75, 3.05) is 11.9 Å². The number of rotatable bonds is 6. The van der Waals surface area contributed by atoms with Crippen LogP contribution in [0.3, 0.4) is 0 Å². The number of aryl methyl sites for hydroxylation is 2. The molecule has 1 N–H and O–H groups in total. The van der Waals surface area contributed by atoms with Gasteiger partial charge in [0.1, 0.15) is 6.54 Å². The lowest BCUT2D eigenvalue weighted by atomic mass is 10.1. The molecule has 0 aliphatic carbocycles. The summed E-state index contributed by atoms with van der Waals surface area (Å²) >= 11 is 0. The van der Waals surface area contributed by atoms with Crippen molar-refractivity contribution in [1.29, 1.82) is 0 Å². The highest BCUT2D eigenvalue weighted by Gasteiger charge is 2.21. The Morgan fingerprint density at radius 1 is 1.00 bits per heavy atom. The molecule has 0 saturated heterocycles.